The zero-order valence-electron chi connectivity index (χ0n) is 21.9. The molecule has 37 heavy (non-hydrogen) atoms. The zero-order chi connectivity index (χ0) is 26.6. The number of sulfone groups is 1. The summed E-state index contributed by atoms with van der Waals surface area (Å²) in [7, 11) is -3.37. The predicted molar refractivity (Wildman–Crippen MR) is 145 cm³/mol. The monoisotopic (exact) mass is 526 g/mol. The Morgan fingerprint density at radius 2 is 1.78 bits per heavy atom. The predicted octanol–water partition coefficient (Wildman–Crippen LogP) is 3.29. The van der Waals surface area contributed by atoms with Crippen molar-refractivity contribution in [3.8, 4) is 0 Å². The molecule has 2 aromatic rings. The van der Waals surface area contributed by atoms with Crippen LogP contribution in [0.15, 0.2) is 48.8 Å². The van der Waals surface area contributed by atoms with Crippen LogP contribution in [0.5, 0.6) is 0 Å². The van der Waals surface area contributed by atoms with Gasteiger partial charge in [-0.25, -0.2) is 8.42 Å². The third kappa shape index (κ3) is 6.76. The van der Waals surface area contributed by atoms with E-state index in [1.54, 1.807) is 24.5 Å². The van der Waals surface area contributed by atoms with Crippen LogP contribution in [0.1, 0.15) is 70.0 Å². The lowest BCUT2D eigenvalue weighted by Crippen LogP contribution is -2.57. The van der Waals surface area contributed by atoms with Crippen molar-refractivity contribution in [3.63, 3.8) is 0 Å². The number of pyridine rings is 1. The van der Waals surface area contributed by atoms with Gasteiger partial charge < -0.3 is 10.6 Å². The Morgan fingerprint density at radius 1 is 1.08 bits per heavy atom. The Hall–Kier alpha value is -2.78. The maximum atomic E-state index is 14.1. The van der Waals surface area contributed by atoms with Gasteiger partial charge in [0.1, 0.15) is 12.1 Å². The topological polar surface area (TPSA) is 108 Å². The summed E-state index contributed by atoms with van der Waals surface area (Å²) in [5, 5.41) is 6.25. The van der Waals surface area contributed by atoms with E-state index < -0.39 is 27.8 Å². The average Bonchev–Trinajstić information content (AvgIpc) is 2.87. The van der Waals surface area contributed by atoms with Gasteiger partial charge in [-0.1, -0.05) is 58.2 Å². The number of nitrogens with zero attached hydrogens (tertiary/aromatic N) is 2. The second-order valence-electron chi connectivity index (χ2n) is 11.2. The summed E-state index contributed by atoms with van der Waals surface area (Å²) >= 11 is 0. The second kappa shape index (κ2) is 11.3. The fourth-order valence-corrected chi connectivity index (χ4v) is 6.48. The van der Waals surface area contributed by atoms with E-state index in [9.17, 15) is 18.0 Å². The molecule has 2 N–H and O–H groups in total. The SMILES string of the molecule is CC(C)(C)c1ccc(N(C(=O)C2CS(=O)(=O)CCN2)C(C(=O)NC2CCCCC2)c2cccnc2)cc1. The number of hydrogen-bond donors (Lipinski definition) is 2. The van der Waals surface area contributed by atoms with E-state index in [0.29, 0.717) is 11.3 Å². The molecule has 0 bridgehead atoms. The second-order valence-corrected chi connectivity index (χ2v) is 13.4. The van der Waals surface area contributed by atoms with Gasteiger partial charge in [0.05, 0.1) is 11.5 Å². The Morgan fingerprint density at radius 3 is 2.38 bits per heavy atom. The molecule has 1 aliphatic carbocycles. The molecule has 0 spiro atoms. The number of nitrogens with one attached hydrogen (secondary N) is 2. The Bertz CT molecular complexity index is 1190. The van der Waals surface area contributed by atoms with Gasteiger partial charge in [-0.3, -0.25) is 19.5 Å². The average molecular weight is 527 g/mol. The van der Waals surface area contributed by atoms with Gasteiger partial charge in [-0.2, -0.15) is 0 Å². The summed E-state index contributed by atoms with van der Waals surface area (Å²) in [5.74, 6) is -1.04. The molecule has 1 aliphatic heterocycles. The number of benzene rings is 1. The molecule has 2 fully saturated rings. The van der Waals surface area contributed by atoms with Crippen LogP contribution in [0.4, 0.5) is 5.69 Å². The van der Waals surface area contributed by atoms with Crippen LogP contribution in [0.3, 0.4) is 0 Å². The van der Waals surface area contributed by atoms with Gasteiger partial charge in [0.2, 0.25) is 11.8 Å². The van der Waals surface area contributed by atoms with Gasteiger partial charge in [0.25, 0.3) is 0 Å². The van der Waals surface area contributed by atoms with Crippen molar-refractivity contribution >= 4 is 27.3 Å². The largest absolute Gasteiger partial charge is 0.351 e. The summed E-state index contributed by atoms with van der Waals surface area (Å²) in [6, 6.07) is 9.24. The van der Waals surface area contributed by atoms with Gasteiger partial charge in [-0.05, 0) is 42.0 Å². The van der Waals surface area contributed by atoms with Gasteiger partial charge >= 0.3 is 0 Å². The Balaban J connectivity index is 1.77. The molecule has 2 amide bonds. The minimum absolute atomic E-state index is 0.00867. The van der Waals surface area contributed by atoms with Crippen LogP contribution in [0.2, 0.25) is 0 Å². The lowest BCUT2D eigenvalue weighted by atomic mass is 9.87. The fraction of sp³-hybridized carbons (Fsp3) is 0.536. The number of hydrogen-bond acceptors (Lipinski definition) is 6. The molecule has 9 heteroatoms. The summed E-state index contributed by atoms with van der Waals surface area (Å²) in [5.41, 5.74) is 2.11. The third-order valence-corrected chi connectivity index (χ3v) is 8.90. The molecule has 1 saturated heterocycles. The van der Waals surface area contributed by atoms with Gasteiger partial charge in [-0.15, -0.1) is 0 Å². The molecule has 2 heterocycles. The molecule has 8 nitrogen and oxygen atoms in total. The van der Waals surface area contributed by atoms with Crippen LogP contribution in [0, 0.1) is 0 Å². The zero-order valence-corrected chi connectivity index (χ0v) is 22.8. The summed E-state index contributed by atoms with van der Waals surface area (Å²) < 4.78 is 24.8. The number of amides is 2. The minimum atomic E-state index is -3.37. The molecule has 1 saturated carbocycles. The number of aromatic nitrogens is 1. The first kappa shape index (κ1) is 27.3. The molecular formula is C28H38N4O4S. The summed E-state index contributed by atoms with van der Waals surface area (Å²) in [6.45, 7) is 6.52. The van der Waals surface area contributed by atoms with Crippen molar-refractivity contribution in [3.05, 3.63) is 59.9 Å². The maximum Gasteiger partial charge on any atom is 0.248 e. The molecule has 2 atom stereocenters. The van der Waals surface area contributed by atoms with Gasteiger partial charge in [0.15, 0.2) is 9.84 Å². The summed E-state index contributed by atoms with van der Waals surface area (Å²) in [4.78, 5) is 33.7. The lowest BCUT2D eigenvalue weighted by Gasteiger charge is -2.36. The molecular weight excluding hydrogens is 488 g/mol. The highest BCUT2D eigenvalue weighted by atomic mass is 32.2. The molecule has 0 radical (unpaired) electrons. The van der Waals surface area contributed by atoms with Crippen molar-refractivity contribution in [2.24, 2.45) is 0 Å². The number of carbonyl (C=O) groups excluding carboxylic acids is 2. The molecule has 1 aromatic carbocycles. The first-order valence-electron chi connectivity index (χ1n) is 13.1. The van der Waals surface area contributed by atoms with E-state index in [1.807, 2.05) is 24.3 Å². The highest BCUT2D eigenvalue weighted by Gasteiger charge is 2.40. The highest BCUT2D eigenvalue weighted by molar-refractivity contribution is 7.91. The van der Waals surface area contributed by atoms with E-state index in [2.05, 4.69) is 36.4 Å². The molecule has 200 valence electrons. The Kier molecular flexibility index (Phi) is 8.33. The molecule has 2 aliphatic rings. The fourth-order valence-electron chi connectivity index (χ4n) is 5.12. The van der Waals surface area contributed by atoms with Crippen molar-refractivity contribution < 1.29 is 18.0 Å². The molecule has 4 rings (SSSR count). The van der Waals surface area contributed by atoms with Crippen LogP contribution in [-0.4, -0.2) is 55.4 Å². The standard InChI is InChI=1S/C28H38N4O4S/c1-28(2,3)21-11-13-23(14-12-21)32(27(34)24-19-37(35,36)17-16-30-24)25(20-8-7-15-29-18-20)26(33)31-22-9-5-4-6-10-22/h7-8,11-15,18,22,24-25,30H,4-6,9-10,16-17,19H2,1-3H3,(H,31,33). The highest BCUT2D eigenvalue weighted by Crippen LogP contribution is 2.32. The summed E-state index contributed by atoms with van der Waals surface area (Å²) in [6.07, 6.45) is 8.31. The van der Waals surface area contributed by atoms with Crippen LogP contribution in [-0.2, 0) is 24.8 Å². The van der Waals surface area contributed by atoms with Crippen molar-refractivity contribution in [2.45, 2.75) is 76.4 Å². The molecule has 2 unspecified atom stereocenters. The number of anilines is 1. The van der Waals surface area contributed by atoms with E-state index in [1.165, 1.54) is 4.90 Å². The quantitative estimate of drug-likeness (QED) is 0.598. The van der Waals surface area contributed by atoms with Crippen LogP contribution < -0.4 is 15.5 Å². The van der Waals surface area contributed by atoms with Crippen LogP contribution >= 0.6 is 0 Å². The normalized spacial score (nSPS) is 21.1. The van der Waals surface area contributed by atoms with Crippen molar-refractivity contribution in [2.75, 3.05) is 23.0 Å². The number of carbonyl (C=O) groups is 2. The Labute approximate surface area is 220 Å². The first-order valence-corrected chi connectivity index (χ1v) is 14.9. The number of rotatable bonds is 6. The first-order chi connectivity index (χ1) is 17.5. The van der Waals surface area contributed by atoms with E-state index >= 15 is 0 Å². The van der Waals surface area contributed by atoms with Gasteiger partial charge in [0, 0.05) is 36.2 Å². The third-order valence-electron chi connectivity index (χ3n) is 7.23. The minimum Gasteiger partial charge on any atom is -0.351 e. The molecule has 1 aromatic heterocycles. The van der Waals surface area contributed by atoms with E-state index in [-0.39, 0.29) is 35.4 Å². The van der Waals surface area contributed by atoms with Crippen molar-refractivity contribution in [1.29, 1.82) is 0 Å². The smallest absolute Gasteiger partial charge is 0.248 e. The van der Waals surface area contributed by atoms with Crippen molar-refractivity contribution in [1.82, 2.24) is 15.6 Å². The van der Waals surface area contributed by atoms with E-state index in [0.717, 1.165) is 37.7 Å². The van der Waals surface area contributed by atoms with E-state index in [4.69, 9.17) is 0 Å². The van der Waals surface area contributed by atoms with Crippen LogP contribution in [0.25, 0.3) is 0 Å². The maximum absolute atomic E-state index is 14.1. The lowest BCUT2D eigenvalue weighted by molar-refractivity contribution is -0.127.